The molecular formula is C20H23NO2. The number of carbonyl (C=O) groups is 1. The second-order valence-electron chi connectivity index (χ2n) is 6.88. The minimum absolute atomic E-state index is 0.0150. The molecule has 3 nitrogen and oxygen atoms in total. The highest BCUT2D eigenvalue weighted by Gasteiger charge is 2.50. The number of nitrogens with zero attached hydrogens (tertiary/aromatic N) is 1. The first-order valence-electron chi connectivity index (χ1n) is 8.56. The van der Waals surface area contributed by atoms with Crippen LogP contribution >= 0.6 is 0 Å². The third kappa shape index (κ3) is 2.34. The molecule has 2 aromatic rings. The smallest absolute Gasteiger partial charge is 0.319 e. The van der Waals surface area contributed by atoms with Gasteiger partial charge in [0.2, 0.25) is 0 Å². The van der Waals surface area contributed by atoms with E-state index in [-0.39, 0.29) is 11.5 Å². The molecule has 0 amide bonds. The maximum Gasteiger partial charge on any atom is 0.319 e. The van der Waals surface area contributed by atoms with Crippen molar-refractivity contribution in [3.63, 3.8) is 0 Å². The van der Waals surface area contributed by atoms with Crippen molar-refractivity contribution in [3.8, 4) is 0 Å². The fraction of sp³-hybridized carbons (Fsp3) is 0.450. The van der Waals surface area contributed by atoms with Gasteiger partial charge in [0.25, 0.3) is 0 Å². The zero-order valence-electron chi connectivity index (χ0n) is 13.6. The van der Waals surface area contributed by atoms with E-state index in [1.807, 2.05) is 0 Å². The number of methoxy groups -OCH3 is 1. The Kier molecular flexibility index (Phi) is 3.61. The molecule has 3 heteroatoms. The molecule has 2 saturated heterocycles. The van der Waals surface area contributed by atoms with Gasteiger partial charge in [0, 0.05) is 11.6 Å². The molecule has 2 aliphatic heterocycles. The molecular weight excluding hydrogens is 286 g/mol. The van der Waals surface area contributed by atoms with Gasteiger partial charge in [-0.3, -0.25) is 9.69 Å². The third-order valence-electron chi connectivity index (χ3n) is 5.82. The average Bonchev–Trinajstić information content (AvgIpc) is 2.80. The molecule has 0 N–H and O–H groups in total. The Hall–Kier alpha value is -1.87. The zero-order valence-corrected chi connectivity index (χ0v) is 13.6. The summed E-state index contributed by atoms with van der Waals surface area (Å²) in [6.07, 6.45) is 5.91. The van der Waals surface area contributed by atoms with Crippen molar-refractivity contribution in [1.82, 2.24) is 4.90 Å². The van der Waals surface area contributed by atoms with Crippen LogP contribution in [0.3, 0.4) is 0 Å². The van der Waals surface area contributed by atoms with Crippen molar-refractivity contribution >= 4 is 16.7 Å². The summed E-state index contributed by atoms with van der Waals surface area (Å²) in [5.74, 6) is -0.121. The molecule has 0 spiro atoms. The number of carbonyl (C=O) groups excluding carboxylic acids is 1. The van der Waals surface area contributed by atoms with E-state index in [0.717, 1.165) is 12.8 Å². The van der Waals surface area contributed by atoms with Gasteiger partial charge in [-0.1, -0.05) is 36.4 Å². The molecule has 0 aliphatic carbocycles. The fourth-order valence-corrected chi connectivity index (χ4v) is 4.67. The normalized spacial score (nSPS) is 27.3. The van der Waals surface area contributed by atoms with Gasteiger partial charge in [-0.05, 0) is 54.5 Å². The second kappa shape index (κ2) is 5.64. The Morgan fingerprint density at radius 1 is 1.17 bits per heavy atom. The number of ether oxygens (including phenoxy) is 1. The van der Waals surface area contributed by atoms with Crippen LogP contribution < -0.4 is 0 Å². The van der Waals surface area contributed by atoms with Gasteiger partial charge in [-0.15, -0.1) is 0 Å². The fourth-order valence-electron chi connectivity index (χ4n) is 4.67. The highest BCUT2D eigenvalue weighted by molar-refractivity contribution is 5.83. The van der Waals surface area contributed by atoms with E-state index in [4.69, 9.17) is 4.74 Å². The van der Waals surface area contributed by atoms with Crippen LogP contribution in [-0.4, -0.2) is 30.6 Å². The van der Waals surface area contributed by atoms with E-state index >= 15 is 0 Å². The predicted molar refractivity (Wildman–Crippen MR) is 91.2 cm³/mol. The summed E-state index contributed by atoms with van der Waals surface area (Å²) in [7, 11) is 1.48. The summed E-state index contributed by atoms with van der Waals surface area (Å²) in [6.45, 7) is 0.411. The highest BCUT2D eigenvalue weighted by atomic mass is 16.5. The topological polar surface area (TPSA) is 29.5 Å². The van der Waals surface area contributed by atoms with Crippen LogP contribution in [0.2, 0.25) is 0 Å². The van der Waals surface area contributed by atoms with Crippen LogP contribution in [0.1, 0.15) is 37.7 Å². The van der Waals surface area contributed by atoms with Crippen LogP contribution in [0.4, 0.5) is 0 Å². The van der Waals surface area contributed by atoms with E-state index in [2.05, 4.69) is 47.4 Å². The minimum atomic E-state index is -0.121. The molecule has 2 heterocycles. The SMILES string of the molecule is COC(=O)CN1[C@@H]2CCC[C@@]1(c1ccc3ccccc3c1)CC2. The van der Waals surface area contributed by atoms with Crippen molar-refractivity contribution in [1.29, 1.82) is 0 Å². The molecule has 0 aromatic heterocycles. The number of hydrogen-bond donors (Lipinski definition) is 0. The van der Waals surface area contributed by atoms with Crippen LogP contribution in [-0.2, 0) is 15.1 Å². The lowest BCUT2D eigenvalue weighted by Crippen LogP contribution is -2.50. The minimum Gasteiger partial charge on any atom is -0.468 e. The number of esters is 1. The molecule has 2 bridgehead atoms. The molecule has 2 aromatic carbocycles. The van der Waals surface area contributed by atoms with E-state index < -0.39 is 0 Å². The zero-order chi connectivity index (χ0) is 15.9. The molecule has 4 rings (SSSR count). The van der Waals surface area contributed by atoms with Crippen molar-refractivity contribution < 1.29 is 9.53 Å². The third-order valence-corrected chi connectivity index (χ3v) is 5.82. The standard InChI is InChI=1S/C20H23NO2/c1-23-19(22)14-21-18-7-4-11-20(21,12-10-18)17-9-8-15-5-2-3-6-16(15)13-17/h2-3,5-6,8-9,13,18H,4,7,10-12,14H2,1H3/t18-,20+/m1/s1. The first-order valence-corrected chi connectivity index (χ1v) is 8.56. The van der Waals surface area contributed by atoms with Crippen LogP contribution in [0.5, 0.6) is 0 Å². The van der Waals surface area contributed by atoms with E-state index in [9.17, 15) is 4.79 Å². The Morgan fingerprint density at radius 3 is 2.83 bits per heavy atom. The Labute approximate surface area is 137 Å². The molecule has 2 fully saturated rings. The number of benzene rings is 2. The molecule has 0 saturated carbocycles. The molecule has 120 valence electrons. The number of fused-ring (bicyclic) bond motifs is 3. The summed E-state index contributed by atoms with van der Waals surface area (Å²) in [6, 6.07) is 15.8. The highest BCUT2D eigenvalue weighted by Crippen LogP contribution is 2.50. The quantitative estimate of drug-likeness (QED) is 0.806. The van der Waals surface area contributed by atoms with Gasteiger partial charge < -0.3 is 4.74 Å². The molecule has 23 heavy (non-hydrogen) atoms. The number of piperidine rings is 1. The van der Waals surface area contributed by atoms with Crippen molar-refractivity contribution in [2.45, 2.75) is 43.7 Å². The van der Waals surface area contributed by atoms with Gasteiger partial charge in [-0.25, -0.2) is 0 Å². The predicted octanol–water partition coefficient (Wildman–Crippen LogP) is 3.86. The maximum atomic E-state index is 11.9. The van der Waals surface area contributed by atoms with Crippen molar-refractivity contribution in [2.24, 2.45) is 0 Å². The monoisotopic (exact) mass is 309 g/mol. The van der Waals surface area contributed by atoms with Gasteiger partial charge in [0.05, 0.1) is 13.7 Å². The average molecular weight is 309 g/mol. The van der Waals surface area contributed by atoms with Gasteiger partial charge in [-0.2, -0.15) is 0 Å². The van der Waals surface area contributed by atoms with Crippen LogP contribution in [0.25, 0.3) is 10.8 Å². The van der Waals surface area contributed by atoms with Crippen LogP contribution in [0.15, 0.2) is 42.5 Å². The summed E-state index contributed by atoms with van der Waals surface area (Å²) < 4.78 is 4.95. The lowest BCUT2D eigenvalue weighted by Gasteiger charge is -2.45. The molecule has 0 radical (unpaired) electrons. The van der Waals surface area contributed by atoms with E-state index in [1.54, 1.807) is 0 Å². The lowest BCUT2D eigenvalue weighted by molar-refractivity contribution is -0.144. The van der Waals surface area contributed by atoms with Gasteiger partial charge in [0.1, 0.15) is 0 Å². The molecule has 2 aliphatic rings. The molecule has 0 unspecified atom stereocenters. The summed E-state index contributed by atoms with van der Waals surface area (Å²) in [4.78, 5) is 14.3. The van der Waals surface area contributed by atoms with Gasteiger partial charge in [0.15, 0.2) is 0 Å². The maximum absolute atomic E-state index is 11.9. The Morgan fingerprint density at radius 2 is 2.00 bits per heavy atom. The Balaban J connectivity index is 1.77. The summed E-state index contributed by atoms with van der Waals surface area (Å²) >= 11 is 0. The second-order valence-corrected chi connectivity index (χ2v) is 6.88. The first-order chi connectivity index (χ1) is 11.2. The largest absolute Gasteiger partial charge is 0.468 e. The summed E-state index contributed by atoms with van der Waals surface area (Å²) in [5.41, 5.74) is 1.38. The van der Waals surface area contributed by atoms with Gasteiger partial charge >= 0.3 is 5.97 Å². The van der Waals surface area contributed by atoms with Crippen LogP contribution in [0, 0.1) is 0 Å². The lowest BCUT2D eigenvalue weighted by atomic mass is 9.81. The Bertz CT molecular complexity index is 737. The number of hydrogen-bond acceptors (Lipinski definition) is 3. The van der Waals surface area contributed by atoms with E-state index in [1.165, 1.54) is 42.7 Å². The first kappa shape index (κ1) is 14.7. The molecule has 2 atom stereocenters. The van der Waals surface area contributed by atoms with E-state index in [0.29, 0.717) is 12.6 Å². The number of rotatable bonds is 3. The van der Waals surface area contributed by atoms with Crippen molar-refractivity contribution in [3.05, 3.63) is 48.0 Å². The summed E-state index contributed by atoms with van der Waals surface area (Å²) in [5, 5.41) is 2.56. The van der Waals surface area contributed by atoms with Crippen molar-refractivity contribution in [2.75, 3.05) is 13.7 Å².